The molecule has 0 saturated heterocycles. The van der Waals surface area contributed by atoms with Crippen molar-refractivity contribution in [3.05, 3.63) is 66.6 Å². The molecule has 0 aliphatic carbocycles. The third kappa shape index (κ3) is 4.42. The minimum atomic E-state index is -3.57. The van der Waals surface area contributed by atoms with Crippen LogP contribution in [0.1, 0.15) is 5.69 Å². The zero-order chi connectivity index (χ0) is 19.4. The monoisotopic (exact) mass is 385 g/mol. The van der Waals surface area contributed by atoms with E-state index in [1.807, 2.05) is 30.3 Å². The number of rotatable bonds is 6. The number of hydrogen-bond donors (Lipinski definition) is 1. The molecule has 1 N–H and O–H groups in total. The summed E-state index contributed by atoms with van der Waals surface area (Å²) in [7, 11) is -0.659. The largest absolute Gasteiger partial charge is 0.444 e. The van der Waals surface area contributed by atoms with Gasteiger partial charge in [-0.3, -0.25) is 4.79 Å². The molecule has 0 fully saturated rings. The Labute approximate surface area is 157 Å². The minimum absolute atomic E-state index is 0.0149. The van der Waals surface area contributed by atoms with Crippen LogP contribution in [0.2, 0.25) is 0 Å². The number of amides is 1. The van der Waals surface area contributed by atoms with Crippen LogP contribution in [0.4, 0.5) is 5.69 Å². The van der Waals surface area contributed by atoms with E-state index in [2.05, 4.69) is 10.3 Å². The van der Waals surface area contributed by atoms with E-state index in [1.54, 1.807) is 12.1 Å². The highest BCUT2D eigenvalue weighted by molar-refractivity contribution is 7.89. The van der Waals surface area contributed by atoms with Crippen LogP contribution in [-0.4, -0.2) is 37.7 Å². The van der Waals surface area contributed by atoms with E-state index in [4.69, 9.17) is 4.42 Å². The van der Waals surface area contributed by atoms with Crippen LogP contribution in [0, 0.1) is 0 Å². The normalized spacial score (nSPS) is 11.5. The van der Waals surface area contributed by atoms with E-state index in [9.17, 15) is 13.2 Å². The molecule has 0 radical (unpaired) electrons. The molecule has 1 heterocycles. The number of nitrogens with zero attached hydrogens (tertiary/aromatic N) is 2. The maximum Gasteiger partial charge on any atom is 0.242 e. The standard InChI is InChI=1S/C19H19N3O4S/c1-22(2)27(24,25)17-10-6-9-15(11-17)20-18(23)12-16-13-26-19(21-16)14-7-4-3-5-8-14/h3-11,13H,12H2,1-2H3,(H,20,23). The number of oxazole rings is 1. The Kier molecular flexibility index (Phi) is 5.38. The molecule has 7 nitrogen and oxygen atoms in total. The number of benzene rings is 2. The molecule has 0 aliphatic heterocycles. The Morgan fingerprint density at radius 2 is 1.85 bits per heavy atom. The lowest BCUT2D eigenvalue weighted by molar-refractivity contribution is -0.115. The average Bonchev–Trinajstić information content (AvgIpc) is 3.11. The SMILES string of the molecule is CN(C)S(=O)(=O)c1cccc(NC(=O)Cc2coc(-c3ccccc3)n2)c1. The van der Waals surface area contributed by atoms with Crippen LogP contribution in [0.15, 0.2) is 70.2 Å². The summed E-state index contributed by atoms with van der Waals surface area (Å²) in [5.74, 6) is 0.125. The van der Waals surface area contributed by atoms with Crippen molar-refractivity contribution in [2.24, 2.45) is 0 Å². The van der Waals surface area contributed by atoms with E-state index in [0.29, 0.717) is 17.3 Å². The third-order valence-electron chi connectivity index (χ3n) is 3.81. The molecule has 1 aromatic heterocycles. The second-order valence-electron chi connectivity index (χ2n) is 6.05. The smallest absolute Gasteiger partial charge is 0.242 e. The maximum atomic E-state index is 12.3. The molecule has 0 saturated carbocycles. The van der Waals surface area contributed by atoms with Crippen molar-refractivity contribution in [3.8, 4) is 11.5 Å². The zero-order valence-corrected chi connectivity index (χ0v) is 15.7. The number of nitrogens with one attached hydrogen (secondary N) is 1. The van der Waals surface area contributed by atoms with Gasteiger partial charge in [0.2, 0.25) is 21.8 Å². The molecule has 27 heavy (non-hydrogen) atoms. The molecule has 3 aromatic rings. The molecule has 8 heteroatoms. The number of anilines is 1. The molecule has 0 aliphatic rings. The summed E-state index contributed by atoms with van der Waals surface area (Å²) in [6, 6.07) is 15.5. The average molecular weight is 385 g/mol. The predicted molar refractivity (Wildman–Crippen MR) is 102 cm³/mol. The maximum absolute atomic E-state index is 12.3. The van der Waals surface area contributed by atoms with E-state index in [0.717, 1.165) is 9.87 Å². The zero-order valence-electron chi connectivity index (χ0n) is 14.9. The van der Waals surface area contributed by atoms with E-state index < -0.39 is 10.0 Å². The summed E-state index contributed by atoms with van der Waals surface area (Å²) in [6.07, 6.45) is 1.45. The van der Waals surface area contributed by atoms with Gasteiger partial charge in [-0.15, -0.1) is 0 Å². The topological polar surface area (TPSA) is 92.5 Å². The Bertz CT molecular complexity index is 1040. The highest BCUT2D eigenvalue weighted by Crippen LogP contribution is 2.20. The first kappa shape index (κ1) is 18.8. The number of hydrogen-bond acceptors (Lipinski definition) is 5. The minimum Gasteiger partial charge on any atom is -0.444 e. The Morgan fingerprint density at radius 3 is 2.56 bits per heavy atom. The van der Waals surface area contributed by atoms with Gasteiger partial charge in [0.25, 0.3) is 0 Å². The van der Waals surface area contributed by atoms with Gasteiger partial charge in [0.1, 0.15) is 6.26 Å². The van der Waals surface area contributed by atoms with Crippen molar-refractivity contribution in [1.82, 2.24) is 9.29 Å². The highest BCUT2D eigenvalue weighted by Gasteiger charge is 2.18. The lowest BCUT2D eigenvalue weighted by Gasteiger charge is -2.12. The van der Waals surface area contributed by atoms with Crippen LogP contribution < -0.4 is 5.32 Å². The summed E-state index contributed by atoms with van der Waals surface area (Å²) < 4.78 is 30.9. The molecule has 3 rings (SSSR count). The molecule has 0 spiro atoms. The van der Waals surface area contributed by atoms with Gasteiger partial charge in [0.15, 0.2) is 0 Å². The van der Waals surface area contributed by atoms with Crippen molar-refractivity contribution in [2.45, 2.75) is 11.3 Å². The number of carbonyl (C=O) groups is 1. The Balaban J connectivity index is 1.69. The molecule has 2 aromatic carbocycles. The molecular formula is C19H19N3O4S. The summed E-state index contributed by atoms with van der Waals surface area (Å²) in [6.45, 7) is 0. The van der Waals surface area contributed by atoms with Gasteiger partial charge in [-0.2, -0.15) is 0 Å². The van der Waals surface area contributed by atoms with Gasteiger partial charge in [-0.05, 0) is 30.3 Å². The van der Waals surface area contributed by atoms with Gasteiger partial charge in [0.05, 0.1) is 17.0 Å². The fraction of sp³-hybridized carbons (Fsp3) is 0.158. The van der Waals surface area contributed by atoms with E-state index >= 15 is 0 Å². The Hall–Kier alpha value is -2.97. The fourth-order valence-electron chi connectivity index (χ4n) is 2.42. The van der Waals surface area contributed by atoms with Crippen LogP contribution in [0.25, 0.3) is 11.5 Å². The van der Waals surface area contributed by atoms with Gasteiger partial charge in [-0.25, -0.2) is 17.7 Å². The molecule has 1 amide bonds. The van der Waals surface area contributed by atoms with Gasteiger partial charge >= 0.3 is 0 Å². The molecule has 0 unspecified atom stereocenters. The summed E-state index contributed by atoms with van der Waals surface area (Å²) in [5.41, 5.74) is 1.71. The summed E-state index contributed by atoms with van der Waals surface area (Å²) in [5, 5.41) is 2.69. The number of sulfonamides is 1. The lowest BCUT2D eigenvalue weighted by Crippen LogP contribution is -2.22. The van der Waals surface area contributed by atoms with E-state index in [-0.39, 0.29) is 17.2 Å². The van der Waals surface area contributed by atoms with Crippen molar-refractivity contribution in [1.29, 1.82) is 0 Å². The fourth-order valence-corrected chi connectivity index (χ4v) is 3.36. The Morgan fingerprint density at radius 1 is 1.11 bits per heavy atom. The second-order valence-corrected chi connectivity index (χ2v) is 8.20. The highest BCUT2D eigenvalue weighted by atomic mass is 32.2. The van der Waals surface area contributed by atoms with Gasteiger partial charge in [-0.1, -0.05) is 24.3 Å². The van der Waals surface area contributed by atoms with Crippen molar-refractivity contribution in [2.75, 3.05) is 19.4 Å². The summed E-state index contributed by atoms with van der Waals surface area (Å²) in [4.78, 5) is 16.7. The first-order valence-corrected chi connectivity index (χ1v) is 9.62. The van der Waals surface area contributed by atoms with Crippen molar-refractivity contribution in [3.63, 3.8) is 0 Å². The molecule has 140 valence electrons. The molecular weight excluding hydrogens is 366 g/mol. The number of aromatic nitrogens is 1. The predicted octanol–water partition coefficient (Wildman–Crippen LogP) is 2.77. The van der Waals surface area contributed by atoms with E-state index in [1.165, 1.54) is 32.5 Å². The van der Waals surface area contributed by atoms with Crippen LogP contribution in [0.3, 0.4) is 0 Å². The van der Waals surface area contributed by atoms with Gasteiger partial charge in [0, 0.05) is 25.3 Å². The summed E-state index contributed by atoms with van der Waals surface area (Å²) >= 11 is 0. The van der Waals surface area contributed by atoms with Crippen molar-refractivity contribution >= 4 is 21.6 Å². The van der Waals surface area contributed by atoms with Crippen LogP contribution in [-0.2, 0) is 21.2 Å². The molecule has 0 bridgehead atoms. The first-order chi connectivity index (χ1) is 12.9. The third-order valence-corrected chi connectivity index (χ3v) is 5.62. The first-order valence-electron chi connectivity index (χ1n) is 8.18. The van der Waals surface area contributed by atoms with Crippen molar-refractivity contribution < 1.29 is 17.6 Å². The number of carbonyl (C=O) groups excluding carboxylic acids is 1. The quantitative estimate of drug-likeness (QED) is 0.704. The van der Waals surface area contributed by atoms with Crippen LogP contribution >= 0.6 is 0 Å². The van der Waals surface area contributed by atoms with Gasteiger partial charge < -0.3 is 9.73 Å². The van der Waals surface area contributed by atoms with Crippen LogP contribution in [0.5, 0.6) is 0 Å². The lowest BCUT2D eigenvalue weighted by atomic mass is 10.2. The molecule has 0 atom stereocenters. The second kappa shape index (κ2) is 7.73.